The average Bonchev–Trinajstić information content (AvgIpc) is 3.73. The number of ether oxygens (including phenoxy) is 7. The Hall–Kier alpha value is -3.77. The molecule has 0 atom stereocenters. The molecule has 1 spiro atoms. The van der Waals surface area contributed by atoms with Gasteiger partial charge < -0.3 is 43.9 Å². The number of ketones is 1. The third kappa shape index (κ3) is 7.65. The van der Waals surface area contributed by atoms with Crippen LogP contribution in [0.5, 0.6) is 0 Å². The van der Waals surface area contributed by atoms with Crippen molar-refractivity contribution in [2.75, 3.05) is 80.2 Å². The summed E-state index contributed by atoms with van der Waals surface area (Å²) in [6.07, 6.45) is 0. The van der Waals surface area contributed by atoms with Gasteiger partial charge in [0.25, 0.3) is 11.7 Å². The number of carbonyl (C=O) groups excluding carboxylic acids is 4. The van der Waals surface area contributed by atoms with Crippen molar-refractivity contribution >= 4 is 23.6 Å². The zero-order valence-corrected chi connectivity index (χ0v) is 25.1. The SMILES string of the molecule is CC.COC(=O)c1cc2c([nH]1)-c1c(C(=O)OC)cc(C(=O)NOCCOCCOCCOCCN)nc1C(=O)C21OCCO1. The first kappa shape index (κ1) is 34.7. The minimum atomic E-state index is -1.93. The highest BCUT2D eigenvalue weighted by molar-refractivity contribution is 6.15. The molecule has 0 aromatic carbocycles. The molecule has 2 aliphatic rings. The monoisotopic (exact) mass is 622 g/mol. The molecule has 1 aliphatic heterocycles. The smallest absolute Gasteiger partial charge is 0.354 e. The number of aromatic amines is 1. The number of hydrogen-bond acceptors (Lipinski definition) is 14. The molecule has 1 saturated heterocycles. The number of amides is 1. The van der Waals surface area contributed by atoms with Crippen LogP contribution >= 0.6 is 0 Å². The maximum atomic E-state index is 13.8. The first-order chi connectivity index (χ1) is 21.4. The number of fused-ring (bicyclic) bond motifs is 4. The van der Waals surface area contributed by atoms with Crippen LogP contribution in [0.15, 0.2) is 12.1 Å². The summed E-state index contributed by atoms with van der Waals surface area (Å²) < 4.78 is 37.0. The van der Waals surface area contributed by atoms with Gasteiger partial charge in [0.1, 0.15) is 17.1 Å². The van der Waals surface area contributed by atoms with Crippen LogP contribution < -0.4 is 11.2 Å². The van der Waals surface area contributed by atoms with Gasteiger partial charge in [0.2, 0.25) is 5.78 Å². The molecule has 1 fully saturated rings. The van der Waals surface area contributed by atoms with E-state index in [0.29, 0.717) is 39.6 Å². The highest BCUT2D eigenvalue weighted by atomic mass is 16.7. The van der Waals surface area contributed by atoms with Gasteiger partial charge in [-0.3, -0.25) is 14.4 Å². The molecule has 4 N–H and O–H groups in total. The van der Waals surface area contributed by atoms with Gasteiger partial charge in [-0.05, 0) is 12.1 Å². The number of esters is 2. The molecule has 1 amide bonds. The van der Waals surface area contributed by atoms with Crippen molar-refractivity contribution in [3.05, 3.63) is 40.3 Å². The number of Topliss-reactive ketones (excluding diaryl/α,β-unsaturated/α-hetero) is 1. The summed E-state index contributed by atoms with van der Waals surface area (Å²) in [7, 11) is 2.33. The standard InChI is InChI=1S/C26H32N4O12.C2H6/c1-35-24(33)15-13-17(23(32)30-42-12-9-39-8-7-38-6-5-37-4-3-27)28-21-19(15)20-16(14-18(29-20)25(34)36-2)26(22(21)31)40-10-11-41-26;1-2/h13-14,29H,3-12,27H2,1-2H3,(H,30,32);1-2H3. The number of hydroxylamine groups is 1. The Morgan fingerprint density at radius 2 is 1.52 bits per heavy atom. The van der Waals surface area contributed by atoms with Crippen molar-refractivity contribution in [3.8, 4) is 11.3 Å². The van der Waals surface area contributed by atoms with Crippen LogP contribution in [0, 0.1) is 0 Å². The molecule has 0 saturated carbocycles. The fourth-order valence-corrected chi connectivity index (χ4v) is 4.35. The maximum absolute atomic E-state index is 13.8. The Morgan fingerprint density at radius 3 is 2.11 bits per heavy atom. The molecule has 242 valence electrons. The summed E-state index contributed by atoms with van der Waals surface area (Å²) in [5, 5.41) is 0. The van der Waals surface area contributed by atoms with Crippen molar-refractivity contribution in [1.82, 2.24) is 15.4 Å². The number of carbonyl (C=O) groups is 4. The molecule has 2 aromatic rings. The van der Waals surface area contributed by atoms with E-state index in [-0.39, 0.29) is 65.9 Å². The molecule has 2 aromatic heterocycles. The van der Waals surface area contributed by atoms with E-state index in [2.05, 4.69) is 15.4 Å². The predicted octanol–water partition coefficient (Wildman–Crippen LogP) is 0.742. The first-order valence-corrected chi connectivity index (χ1v) is 14.0. The van der Waals surface area contributed by atoms with Gasteiger partial charge in [0.15, 0.2) is 0 Å². The lowest BCUT2D eigenvalue weighted by Crippen LogP contribution is -2.41. The van der Waals surface area contributed by atoms with Crippen molar-refractivity contribution in [2.24, 2.45) is 5.73 Å². The van der Waals surface area contributed by atoms with Crippen LogP contribution in [0.1, 0.15) is 61.2 Å². The van der Waals surface area contributed by atoms with E-state index in [1.165, 1.54) is 13.2 Å². The topological polar surface area (TPSA) is 209 Å². The second-order valence-corrected chi connectivity index (χ2v) is 8.78. The quantitative estimate of drug-likeness (QED) is 0.142. The van der Waals surface area contributed by atoms with Gasteiger partial charge in [-0.25, -0.2) is 20.1 Å². The lowest BCUT2D eigenvalue weighted by molar-refractivity contribution is -0.126. The predicted molar refractivity (Wildman–Crippen MR) is 151 cm³/mol. The van der Waals surface area contributed by atoms with E-state index in [9.17, 15) is 19.2 Å². The van der Waals surface area contributed by atoms with Crippen LogP contribution in [0.4, 0.5) is 0 Å². The molecule has 0 unspecified atom stereocenters. The summed E-state index contributed by atoms with van der Waals surface area (Å²) in [5.74, 6) is -5.12. The van der Waals surface area contributed by atoms with Crippen molar-refractivity contribution in [1.29, 1.82) is 0 Å². The summed E-state index contributed by atoms with van der Waals surface area (Å²) >= 11 is 0. The highest BCUT2D eigenvalue weighted by Gasteiger charge is 2.54. The molecule has 3 heterocycles. The Balaban J connectivity index is 0.00000259. The van der Waals surface area contributed by atoms with E-state index in [1.807, 2.05) is 13.8 Å². The largest absolute Gasteiger partial charge is 0.465 e. The van der Waals surface area contributed by atoms with E-state index in [4.69, 9.17) is 43.7 Å². The van der Waals surface area contributed by atoms with Crippen LogP contribution in [-0.2, 0) is 43.8 Å². The van der Waals surface area contributed by atoms with E-state index >= 15 is 0 Å². The summed E-state index contributed by atoms with van der Waals surface area (Å²) in [6.45, 7) is 6.71. The average molecular weight is 623 g/mol. The Kier molecular flexibility index (Phi) is 13.3. The molecule has 16 nitrogen and oxygen atoms in total. The number of pyridine rings is 1. The number of hydrogen-bond donors (Lipinski definition) is 3. The summed E-state index contributed by atoms with van der Waals surface area (Å²) in [5.41, 5.74) is 7.08. The Bertz CT molecular complexity index is 1310. The normalized spacial score (nSPS) is 14.3. The molecule has 4 rings (SSSR count). The van der Waals surface area contributed by atoms with Gasteiger partial charge in [0.05, 0.1) is 84.9 Å². The fourth-order valence-electron chi connectivity index (χ4n) is 4.35. The van der Waals surface area contributed by atoms with Crippen LogP contribution in [-0.4, -0.2) is 114 Å². The molecule has 0 bridgehead atoms. The van der Waals surface area contributed by atoms with Crippen molar-refractivity contribution < 1.29 is 57.2 Å². The van der Waals surface area contributed by atoms with E-state index < -0.39 is 29.4 Å². The highest BCUT2D eigenvalue weighted by Crippen LogP contribution is 2.47. The number of H-pyrrole nitrogens is 1. The third-order valence-electron chi connectivity index (χ3n) is 6.19. The molecular formula is C28H38N4O12. The zero-order chi connectivity index (χ0) is 32.1. The second kappa shape index (κ2) is 16.9. The van der Waals surface area contributed by atoms with Crippen LogP contribution in [0.3, 0.4) is 0 Å². The maximum Gasteiger partial charge on any atom is 0.354 e. The van der Waals surface area contributed by atoms with Crippen molar-refractivity contribution in [3.63, 3.8) is 0 Å². The Labute approximate surface area is 253 Å². The van der Waals surface area contributed by atoms with E-state index in [1.54, 1.807) is 0 Å². The third-order valence-corrected chi connectivity index (χ3v) is 6.19. The van der Waals surface area contributed by atoms with Gasteiger partial charge >= 0.3 is 11.9 Å². The molecule has 44 heavy (non-hydrogen) atoms. The lowest BCUT2D eigenvalue weighted by Gasteiger charge is -2.31. The Morgan fingerprint density at radius 1 is 0.932 bits per heavy atom. The van der Waals surface area contributed by atoms with Crippen LogP contribution in [0.25, 0.3) is 11.3 Å². The van der Waals surface area contributed by atoms with Gasteiger partial charge in [-0.15, -0.1) is 0 Å². The number of nitrogens with two attached hydrogens (primary N) is 1. The number of methoxy groups -OCH3 is 2. The number of nitrogens with one attached hydrogen (secondary N) is 2. The minimum absolute atomic E-state index is 0.00792. The molecular weight excluding hydrogens is 584 g/mol. The number of rotatable bonds is 15. The lowest BCUT2D eigenvalue weighted by atomic mass is 9.85. The minimum Gasteiger partial charge on any atom is -0.465 e. The fraction of sp³-hybridized carbons (Fsp3) is 0.536. The first-order valence-electron chi connectivity index (χ1n) is 14.0. The number of aromatic nitrogens is 2. The molecule has 1 aliphatic carbocycles. The van der Waals surface area contributed by atoms with Crippen LogP contribution in [0.2, 0.25) is 0 Å². The molecule has 16 heteroatoms. The summed E-state index contributed by atoms with van der Waals surface area (Å²) in [4.78, 5) is 64.0. The van der Waals surface area contributed by atoms with Gasteiger partial charge in [-0.2, -0.15) is 0 Å². The van der Waals surface area contributed by atoms with E-state index in [0.717, 1.165) is 13.2 Å². The second-order valence-electron chi connectivity index (χ2n) is 8.78. The van der Waals surface area contributed by atoms with Crippen molar-refractivity contribution in [2.45, 2.75) is 19.6 Å². The van der Waals surface area contributed by atoms with Gasteiger partial charge in [0, 0.05) is 17.7 Å². The zero-order valence-electron chi connectivity index (χ0n) is 25.1. The number of nitrogens with zero attached hydrogens (tertiary/aromatic N) is 1. The van der Waals surface area contributed by atoms with Gasteiger partial charge in [-0.1, -0.05) is 13.8 Å². The molecule has 0 radical (unpaired) electrons. The summed E-state index contributed by atoms with van der Waals surface area (Å²) in [6, 6.07) is 2.51.